The van der Waals surface area contributed by atoms with Crippen LogP contribution in [0.15, 0.2) is 23.9 Å². The fourth-order valence-corrected chi connectivity index (χ4v) is 1.10. The maximum Gasteiger partial charge on any atom is 0.0963 e. The van der Waals surface area contributed by atoms with Crippen molar-refractivity contribution >= 4 is 11.3 Å². The number of aliphatic hydroxyl groups is 1. The van der Waals surface area contributed by atoms with Crippen LogP contribution in [0.4, 0.5) is 0 Å². The summed E-state index contributed by atoms with van der Waals surface area (Å²) in [5.41, 5.74) is 0. The summed E-state index contributed by atoms with van der Waals surface area (Å²) in [5, 5.41) is 11.2. The first-order valence-corrected chi connectivity index (χ1v) is 3.49. The minimum absolute atomic E-state index is 0.730. The van der Waals surface area contributed by atoms with E-state index in [0.29, 0.717) is 0 Å². The molecule has 0 aliphatic carbocycles. The number of hydrogen-bond acceptors (Lipinski definition) is 3. The second-order valence-electron chi connectivity index (χ2n) is 1.51. The van der Waals surface area contributed by atoms with Gasteiger partial charge in [0.2, 0.25) is 0 Å². The highest BCUT2D eigenvalue weighted by Crippen LogP contribution is 2.04. The third-order valence-electron chi connectivity index (χ3n) is 0.881. The zero-order valence-corrected chi connectivity index (χ0v) is 5.64. The Morgan fingerprint density at radius 3 is 3.22 bits per heavy atom. The number of aliphatic hydroxyl groups excluding tert-OH is 1. The van der Waals surface area contributed by atoms with Crippen molar-refractivity contribution in [3.05, 3.63) is 28.9 Å². The number of rotatable bonds is 2. The molecule has 0 aliphatic rings. The molecule has 0 unspecified atom stereocenters. The lowest BCUT2D eigenvalue weighted by atomic mass is 10.4. The molecular formula is C6H7NOS. The molecule has 0 spiro atoms. The van der Waals surface area contributed by atoms with E-state index in [0.717, 1.165) is 17.7 Å². The van der Waals surface area contributed by atoms with Crippen molar-refractivity contribution in [2.75, 3.05) is 0 Å². The molecule has 3 heteroatoms. The normalized spacial score (nSPS) is 10.7. The van der Waals surface area contributed by atoms with E-state index in [-0.39, 0.29) is 0 Å². The largest absolute Gasteiger partial charge is 0.516 e. The third kappa shape index (κ3) is 1.85. The Hall–Kier alpha value is -0.830. The highest BCUT2D eigenvalue weighted by atomic mass is 32.1. The average Bonchev–Trinajstić information content (AvgIpc) is 2.34. The quantitative estimate of drug-likeness (QED) is 0.636. The van der Waals surface area contributed by atoms with Crippen molar-refractivity contribution < 1.29 is 5.11 Å². The number of hydrogen-bond donors (Lipinski definition) is 1. The molecule has 1 rings (SSSR count). The van der Waals surface area contributed by atoms with Gasteiger partial charge in [0.05, 0.1) is 11.3 Å². The van der Waals surface area contributed by atoms with Gasteiger partial charge in [0, 0.05) is 18.0 Å². The Morgan fingerprint density at radius 1 is 1.78 bits per heavy atom. The SMILES string of the molecule is OC=CCc1nccs1. The lowest BCUT2D eigenvalue weighted by molar-refractivity contribution is 0.471. The first-order valence-electron chi connectivity index (χ1n) is 2.61. The Balaban J connectivity index is 2.48. The molecule has 0 radical (unpaired) electrons. The first-order chi connectivity index (χ1) is 4.43. The molecule has 1 N–H and O–H groups in total. The minimum atomic E-state index is 0.730. The summed E-state index contributed by atoms with van der Waals surface area (Å²) in [4.78, 5) is 4.01. The van der Waals surface area contributed by atoms with Gasteiger partial charge in [-0.05, 0) is 6.08 Å². The molecule has 2 nitrogen and oxygen atoms in total. The van der Waals surface area contributed by atoms with E-state index in [2.05, 4.69) is 4.98 Å². The smallest absolute Gasteiger partial charge is 0.0963 e. The summed E-state index contributed by atoms with van der Waals surface area (Å²) >= 11 is 1.59. The first kappa shape index (κ1) is 6.29. The van der Waals surface area contributed by atoms with Gasteiger partial charge in [-0.15, -0.1) is 11.3 Å². The fraction of sp³-hybridized carbons (Fsp3) is 0.167. The van der Waals surface area contributed by atoms with Crippen molar-refractivity contribution in [3.63, 3.8) is 0 Å². The minimum Gasteiger partial charge on any atom is -0.516 e. The van der Waals surface area contributed by atoms with E-state index >= 15 is 0 Å². The summed E-state index contributed by atoms with van der Waals surface area (Å²) in [6, 6.07) is 0. The number of allylic oxidation sites excluding steroid dienone is 1. The fourth-order valence-electron chi connectivity index (χ4n) is 0.507. The summed E-state index contributed by atoms with van der Waals surface area (Å²) in [6.45, 7) is 0. The molecule has 0 fully saturated rings. The summed E-state index contributed by atoms with van der Waals surface area (Å²) < 4.78 is 0. The molecule has 9 heavy (non-hydrogen) atoms. The van der Waals surface area contributed by atoms with Gasteiger partial charge in [-0.1, -0.05) is 0 Å². The molecule has 0 bridgehead atoms. The molecule has 0 saturated heterocycles. The van der Waals surface area contributed by atoms with Gasteiger partial charge in [0.25, 0.3) is 0 Å². The van der Waals surface area contributed by atoms with E-state index in [1.54, 1.807) is 23.6 Å². The molecule has 1 heterocycles. The van der Waals surface area contributed by atoms with Crippen molar-refractivity contribution in [2.24, 2.45) is 0 Å². The zero-order chi connectivity index (χ0) is 6.53. The third-order valence-corrected chi connectivity index (χ3v) is 1.68. The molecule has 0 saturated carbocycles. The van der Waals surface area contributed by atoms with E-state index in [1.807, 2.05) is 5.38 Å². The molecule has 0 amide bonds. The molecule has 1 aromatic rings. The van der Waals surface area contributed by atoms with Crippen molar-refractivity contribution in [3.8, 4) is 0 Å². The van der Waals surface area contributed by atoms with Crippen molar-refractivity contribution in [1.29, 1.82) is 0 Å². The van der Waals surface area contributed by atoms with Crippen LogP contribution in [0.25, 0.3) is 0 Å². The molecule has 0 aromatic carbocycles. The van der Waals surface area contributed by atoms with Gasteiger partial charge >= 0.3 is 0 Å². The highest BCUT2D eigenvalue weighted by Gasteiger charge is 1.88. The van der Waals surface area contributed by atoms with Crippen molar-refractivity contribution in [1.82, 2.24) is 4.98 Å². The standard InChI is InChI=1S/C6H7NOS/c8-4-1-2-6-7-3-5-9-6/h1,3-5,8H,2H2. The maximum absolute atomic E-state index is 8.26. The lowest BCUT2D eigenvalue weighted by Gasteiger charge is -1.81. The Kier molecular flexibility index (Phi) is 2.27. The van der Waals surface area contributed by atoms with Crippen LogP contribution in [0.5, 0.6) is 0 Å². The second-order valence-corrected chi connectivity index (χ2v) is 2.49. The lowest BCUT2D eigenvalue weighted by Crippen LogP contribution is -1.74. The van der Waals surface area contributed by atoms with Gasteiger partial charge in [-0.2, -0.15) is 0 Å². The van der Waals surface area contributed by atoms with Crippen LogP contribution >= 0.6 is 11.3 Å². The molecule has 1 aromatic heterocycles. The molecule has 0 atom stereocenters. The number of nitrogens with zero attached hydrogens (tertiary/aromatic N) is 1. The van der Waals surface area contributed by atoms with Gasteiger partial charge in [0.15, 0.2) is 0 Å². The predicted octanol–water partition coefficient (Wildman–Crippen LogP) is 1.76. The van der Waals surface area contributed by atoms with Gasteiger partial charge in [-0.25, -0.2) is 4.98 Å². The Bertz CT molecular complexity index is 181. The van der Waals surface area contributed by atoms with Gasteiger partial charge < -0.3 is 5.11 Å². The Morgan fingerprint density at radius 2 is 2.67 bits per heavy atom. The van der Waals surface area contributed by atoms with Crippen molar-refractivity contribution in [2.45, 2.75) is 6.42 Å². The molecule has 0 aliphatic heterocycles. The number of thiazole rings is 1. The topological polar surface area (TPSA) is 33.1 Å². The van der Waals surface area contributed by atoms with Crippen LogP contribution < -0.4 is 0 Å². The van der Waals surface area contributed by atoms with Crippen LogP contribution in [0.2, 0.25) is 0 Å². The van der Waals surface area contributed by atoms with Gasteiger partial charge in [0.1, 0.15) is 0 Å². The van der Waals surface area contributed by atoms with Gasteiger partial charge in [-0.3, -0.25) is 0 Å². The maximum atomic E-state index is 8.26. The van der Waals surface area contributed by atoms with E-state index in [1.165, 1.54) is 0 Å². The summed E-state index contributed by atoms with van der Waals surface area (Å²) in [6.07, 6.45) is 5.19. The summed E-state index contributed by atoms with van der Waals surface area (Å²) in [7, 11) is 0. The average molecular weight is 141 g/mol. The predicted molar refractivity (Wildman–Crippen MR) is 37.6 cm³/mol. The monoisotopic (exact) mass is 141 g/mol. The molecule has 48 valence electrons. The van der Waals surface area contributed by atoms with E-state index in [4.69, 9.17) is 5.11 Å². The van der Waals surface area contributed by atoms with Crippen LogP contribution in [0.3, 0.4) is 0 Å². The van der Waals surface area contributed by atoms with Crippen LogP contribution in [0, 0.1) is 0 Å². The Labute approximate surface area is 57.5 Å². The van der Waals surface area contributed by atoms with E-state index in [9.17, 15) is 0 Å². The number of aromatic nitrogens is 1. The van der Waals surface area contributed by atoms with Crippen LogP contribution in [0.1, 0.15) is 5.01 Å². The molecular weight excluding hydrogens is 134 g/mol. The van der Waals surface area contributed by atoms with Crippen LogP contribution in [-0.4, -0.2) is 10.1 Å². The van der Waals surface area contributed by atoms with E-state index < -0.39 is 0 Å². The highest BCUT2D eigenvalue weighted by molar-refractivity contribution is 7.09. The zero-order valence-electron chi connectivity index (χ0n) is 4.82. The second kappa shape index (κ2) is 3.25. The summed E-state index contributed by atoms with van der Waals surface area (Å²) in [5.74, 6) is 0. The van der Waals surface area contributed by atoms with Crippen LogP contribution in [-0.2, 0) is 6.42 Å².